The van der Waals surface area contributed by atoms with Gasteiger partial charge in [0, 0.05) is 24.6 Å². The Balaban J connectivity index is 1.98. The second-order valence-electron chi connectivity index (χ2n) is 6.80. The van der Waals surface area contributed by atoms with E-state index in [1.165, 1.54) is 18.7 Å². The number of fused-ring (bicyclic) bond motifs is 3. The van der Waals surface area contributed by atoms with Crippen LogP contribution in [0.15, 0.2) is 40.1 Å². The molecule has 156 valence electrons. The summed E-state index contributed by atoms with van der Waals surface area (Å²) in [5.74, 6) is 0.552. The predicted octanol–water partition coefficient (Wildman–Crippen LogP) is 1.02. The molecule has 3 aromatic heterocycles. The number of carbonyl (C=O) groups excluding carboxylic acids is 1. The summed E-state index contributed by atoms with van der Waals surface area (Å²) in [6.07, 6.45) is 1.77. The second-order valence-corrected chi connectivity index (χ2v) is 6.80. The van der Waals surface area contributed by atoms with Gasteiger partial charge in [0.15, 0.2) is 11.2 Å². The zero-order valence-corrected chi connectivity index (χ0v) is 17.1. The van der Waals surface area contributed by atoms with Crippen LogP contribution < -0.4 is 16.0 Å². The van der Waals surface area contributed by atoms with Crippen molar-refractivity contribution in [3.63, 3.8) is 0 Å². The summed E-state index contributed by atoms with van der Waals surface area (Å²) in [4.78, 5) is 41.9. The van der Waals surface area contributed by atoms with E-state index in [1.807, 2.05) is 42.7 Å². The molecular formula is C20H21N5O5. The van der Waals surface area contributed by atoms with Crippen molar-refractivity contribution < 1.29 is 14.3 Å². The molecule has 0 unspecified atom stereocenters. The topological polar surface area (TPSA) is 102 Å². The van der Waals surface area contributed by atoms with Gasteiger partial charge < -0.3 is 9.47 Å². The van der Waals surface area contributed by atoms with E-state index in [1.54, 1.807) is 10.6 Å². The maximum Gasteiger partial charge on any atom is 0.333 e. The lowest BCUT2D eigenvalue weighted by Gasteiger charge is -2.08. The Hall–Kier alpha value is -3.82. The summed E-state index contributed by atoms with van der Waals surface area (Å²) in [7, 11) is 2.71. The zero-order chi connectivity index (χ0) is 21.6. The van der Waals surface area contributed by atoms with E-state index in [0.717, 1.165) is 21.7 Å². The molecule has 0 aliphatic heterocycles. The van der Waals surface area contributed by atoms with E-state index in [2.05, 4.69) is 9.72 Å². The number of aromatic nitrogens is 5. The Morgan fingerprint density at radius 3 is 2.50 bits per heavy atom. The van der Waals surface area contributed by atoms with E-state index in [-0.39, 0.29) is 11.2 Å². The average Bonchev–Trinajstić information content (AvgIpc) is 3.25. The van der Waals surface area contributed by atoms with Gasteiger partial charge in [-0.1, -0.05) is 0 Å². The minimum absolute atomic E-state index is 0.212. The van der Waals surface area contributed by atoms with Crippen LogP contribution in [0.1, 0.15) is 12.6 Å². The Morgan fingerprint density at radius 2 is 1.87 bits per heavy atom. The number of hydrogen-bond donors (Lipinski definition) is 0. The molecule has 0 amide bonds. The minimum Gasteiger partial charge on any atom is -0.494 e. The number of rotatable bonds is 5. The third-order valence-electron chi connectivity index (χ3n) is 4.95. The van der Waals surface area contributed by atoms with Crippen LogP contribution in [0.3, 0.4) is 0 Å². The second kappa shape index (κ2) is 7.21. The summed E-state index contributed by atoms with van der Waals surface area (Å²) in [5.41, 5.74) is 0.889. The van der Waals surface area contributed by atoms with Gasteiger partial charge in [0.1, 0.15) is 12.3 Å². The molecule has 0 bridgehead atoms. The van der Waals surface area contributed by atoms with Crippen LogP contribution in [0, 0.1) is 6.92 Å². The highest BCUT2D eigenvalue weighted by molar-refractivity contribution is 5.77. The van der Waals surface area contributed by atoms with Crippen LogP contribution in [-0.2, 0) is 23.1 Å². The smallest absolute Gasteiger partial charge is 0.333 e. The predicted molar refractivity (Wildman–Crippen MR) is 109 cm³/mol. The third kappa shape index (κ3) is 2.88. The molecule has 0 saturated carbocycles. The number of esters is 1. The molecule has 30 heavy (non-hydrogen) atoms. The summed E-state index contributed by atoms with van der Waals surface area (Å²) >= 11 is 0. The molecule has 4 aromatic rings. The van der Waals surface area contributed by atoms with E-state index in [4.69, 9.17) is 4.74 Å². The molecule has 0 N–H and O–H groups in total. The van der Waals surface area contributed by atoms with Crippen molar-refractivity contribution in [1.82, 2.24) is 23.1 Å². The molecule has 0 saturated heterocycles. The van der Waals surface area contributed by atoms with Gasteiger partial charge in [-0.2, -0.15) is 4.98 Å². The fraction of sp³-hybridized carbons (Fsp3) is 0.300. The Labute approximate surface area is 170 Å². The van der Waals surface area contributed by atoms with Gasteiger partial charge in [0.05, 0.1) is 13.7 Å². The van der Waals surface area contributed by atoms with Crippen molar-refractivity contribution in [1.29, 1.82) is 0 Å². The first-order valence-electron chi connectivity index (χ1n) is 9.37. The lowest BCUT2D eigenvalue weighted by atomic mass is 10.3. The van der Waals surface area contributed by atoms with Crippen LogP contribution in [0.25, 0.3) is 22.6 Å². The molecule has 0 fully saturated rings. The van der Waals surface area contributed by atoms with Crippen LogP contribution >= 0.6 is 0 Å². The van der Waals surface area contributed by atoms with Gasteiger partial charge in [-0.15, -0.1) is 0 Å². The van der Waals surface area contributed by atoms with Gasteiger partial charge in [-0.05, 0) is 38.1 Å². The van der Waals surface area contributed by atoms with Gasteiger partial charge >= 0.3 is 11.7 Å². The van der Waals surface area contributed by atoms with Gasteiger partial charge in [-0.3, -0.25) is 23.1 Å². The molecule has 0 radical (unpaired) electrons. The number of nitrogens with zero attached hydrogens (tertiary/aromatic N) is 5. The number of imidazole rings is 2. The number of carbonyl (C=O) groups is 1. The first-order valence-corrected chi connectivity index (χ1v) is 9.37. The maximum absolute atomic E-state index is 13.1. The highest BCUT2D eigenvalue weighted by Gasteiger charge is 2.21. The highest BCUT2D eigenvalue weighted by Crippen LogP contribution is 2.22. The van der Waals surface area contributed by atoms with Crippen molar-refractivity contribution in [2.45, 2.75) is 20.4 Å². The van der Waals surface area contributed by atoms with Crippen LogP contribution in [0.5, 0.6) is 5.75 Å². The monoisotopic (exact) mass is 411 g/mol. The van der Waals surface area contributed by atoms with E-state index in [0.29, 0.717) is 12.4 Å². The summed E-state index contributed by atoms with van der Waals surface area (Å²) in [6.45, 7) is 3.92. The Bertz CT molecular complexity index is 1390. The summed E-state index contributed by atoms with van der Waals surface area (Å²) in [5, 5.41) is 0. The van der Waals surface area contributed by atoms with Crippen molar-refractivity contribution in [3.05, 3.63) is 57.0 Å². The Morgan fingerprint density at radius 1 is 1.17 bits per heavy atom. The quantitative estimate of drug-likeness (QED) is 0.455. The molecule has 1 aromatic carbocycles. The van der Waals surface area contributed by atoms with Crippen molar-refractivity contribution in [2.75, 3.05) is 13.7 Å². The van der Waals surface area contributed by atoms with E-state index >= 15 is 0 Å². The molecular weight excluding hydrogens is 390 g/mol. The van der Waals surface area contributed by atoms with Crippen molar-refractivity contribution in [3.8, 4) is 11.4 Å². The normalized spacial score (nSPS) is 11.3. The molecule has 4 rings (SSSR count). The first-order chi connectivity index (χ1) is 14.4. The van der Waals surface area contributed by atoms with E-state index in [9.17, 15) is 14.4 Å². The number of ether oxygens (including phenoxy) is 2. The molecule has 0 aliphatic carbocycles. The number of benzene rings is 1. The number of methoxy groups -OCH3 is 1. The summed E-state index contributed by atoms with van der Waals surface area (Å²) in [6, 6.07) is 7.50. The van der Waals surface area contributed by atoms with Crippen molar-refractivity contribution in [2.24, 2.45) is 7.05 Å². The lowest BCUT2D eigenvalue weighted by Crippen LogP contribution is -2.41. The zero-order valence-electron chi connectivity index (χ0n) is 17.1. The fourth-order valence-electron chi connectivity index (χ4n) is 3.52. The van der Waals surface area contributed by atoms with Crippen LogP contribution in [0.4, 0.5) is 0 Å². The van der Waals surface area contributed by atoms with Gasteiger partial charge in [0.25, 0.3) is 5.56 Å². The highest BCUT2D eigenvalue weighted by atomic mass is 16.5. The number of hydrogen-bond acceptors (Lipinski definition) is 6. The molecule has 0 spiro atoms. The largest absolute Gasteiger partial charge is 0.494 e. The van der Waals surface area contributed by atoms with Gasteiger partial charge in [-0.25, -0.2) is 9.36 Å². The Kier molecular flexibility index (Phi) is 4.69. The van der Waals surface area contributed by atoms with Crippen LogP contribution in [-0.4, -0.2) is 42.8 Å². The van der Waals surface area contributed by atoms with Gasteiger partial charge in [0.2, 0.25) is 5.78 Å². The SMILES string of the molecule is CCOc1ccc(-n2c(C)cn3c4c(=O)n(CC(=O)OC)c(=O)n(C)c4nc23)cc1. The fourth-order valence-corrected chi connectivity index (χ4v) is 3.52. The third-order valence-corrected chi connectivity index (χ3v) is 4.95. The molecule has 10 heteroatoms. The molecule has 0 aliphatic rings. The average molecular weight is 411 g/mol. The molecule has 0 atom stereocenters. The maximum atomic E-state index is 13.1. The van der Waals surface area contributed by atoms with Crippen molar-refractivity contribution >= 4 is 22.9 Å². The molecule has 10 nitrogen and oxygen atoms in total. The minimum atomic E-state index is -0.683. The standard InChI is InChI=1S/C20H21N5O5/c1-5-30-14-8-6-13(7-9-14)25-12(2)10-23-16-17(21-19(23)25)22(3)20(28)24(18(16)27)11-15(26)29-4/h6-10H,5,11H2,1-4H3. The molecule has 3 heterocycles. The lowest BCUT2D eigenvalue weighted by molar-refractivity contribution is -0.141. The number of aryl methyl sites for hydroxylation is 2. The van der Waals surface area contributed by atoms with Crippen LogP contribution in [0.2, 0.25) is 0 Å². The first kappa shape index (κ1) is 19.5. The van der Waals surface area contributed by atoms with E-state index < -0.39 is 23.8 Å². The summed E-state index contributed by atoms with van der Waals surface area (Å²) < 4.78 is 15.7.